The number of aromatic nitrogens is 1. The number of thiazole rings is 1. The van der Waals surface area contributed by atoms with Crippen molar-refractivity contribution < 1.29 is 13.9 Å². The second-order valence-electron chi connectivity index (χ2n) is 7.08. The number of nitrogens with two attached hydrogens (primary N) is 1. The molecule has 1 saturated heterocycles. The van der Waals surface area contributed by atoms with Crippen molar-refractivity contribution in [1.82, 2.24) is 9.88 Å². The number of halogens is 1. The Balaban J connectivity index is 1.66. The summed E-state index contributed by atoms with van der Waals surface area (Å²) in [6.45, 7) is 4.09. The minimum atomic E-state index is -0.573. The number of nitrogens with zero attached hydrogens (tertiary/aromatic N) is 3. The molecule has 4 rings (SSSR count). The van der Waals surface area contributed by atoms with Gasteiger partial charge in [0.2, 0.25) is 0 Å². The molecule has 9 heteroatoms. The molecule has 2 heterocycles. The standard InChI is InChI=1S/C22H24FN5O2S/c23-17-2-1-3-18(14-17)26-22-28(9-8-25-21(24)29)20(15-31-22)16-4-6-19(7-5-16)27-10-12-30-13-11-27/h1-7,14-15H,8-13H2,(H3,24,25,29). The Morgan fingerprint density at radius 1 is 1.19 bits per heavy atom. The lowest BCUT2D eigenvalue weighted by Gasteiger charge is -2.28. The van der Waals surface area contributed by atoms with E-state index in [0.29, 0.717) is 23.6 Å². The second-order valence-corrected chi connectivity index (χ2v) is 7.92. The van der Waals surface area contributed by atoms with Crippen molar-refractivity contribution >= 4 is 28.7 Å². The highest BCUT2D eigenvalue weighted by Gasteiger charge is 2.13. The SMILES string of the molecule is NC(=O)NCCn1c(-c2ccc(N3CCOCC3)cc2)csc1=Nc1cccc(F)c1. The van der Waals surface area contributed by atoms with E-state index in [1.54, 1.807) is 12.1 Å². The number of hydrogen-bond acceptors (Lipinski definition) is 5. The summed E-state index contributed by atoms with van der Waals surface area (Å²) in [6, 6.07) is 14.0. The van der Waals surface area contributed by atoms with E-state index in [-0.39, 0.29) is 5.82 Å². The molecule has 0 bridgehead atoms. The van der Waals surface area contributed by atoms with Crippen LogP contribution in [0.1, 0.15) is 0 Å². The van der Waals surface area contributed by atoms with Gasteiger partial charge in [-0.05, 0) is 35.9 Å². The summed E-state index contributed by atoms with van der Waals surface area (Å²) < 4.78 is 21.0. The highest BCUT2D eigenvalue weighted by Crippen LogP contribution is 2.25. The summed E-state index contributed by atoms with van der Waals surface area (Å²) in [4.78, 5) is 18.7. The number of nitrogens with one attached hydrogen (secondary N) is 1. The zero-order valence-corrected chi connectivity index (χ0v) is 17.8. The zero-order valence-electron chi connectivity index (χ0n) is 17.0. The number of urea groups is 1. The molecule has 7 nitrogen and oxygen atoms in total. The maximum Gasteiger partial charge on any atom is 0.312 e. The van der Waals surface area contributed by atoms with Gasteiger partial charge < -0.3 is 25.3 Å². The van der Waals surface area contributed by atoms with E-state index in [0.717, 1.165) is 43.2 Å². The topological polar surface area (TPSA) is 84.9 Å². The first kappa shape index (κ1) is 21.1. The van der Waals surface area contributed by atoms with Crippen LogP contribution in [0.4, 0.5) is 20.6 Å². The molecular weight excluding hydrogens is 417 g/mol. The smallest absolute Gasteiger partial charge is 0.312 e. The summed E-state index contributed by atoms with van der Waals surface area (Å²) in [7, 11) is 0. The number of amides is 2. The maximum atomic E-state index is 13.6. The maximum absolute atomic E-state index is 13.6. The van der Waals surface area contributed by atoms with Crippen molar-refractivity contribution in [3.63, 3.8) is 0 Å². The van der Waals surface area contributed by atoms with Crippen LogP contribution in [0.2, 0.25) is 0 Å². The van der Waals surface area contributed by atoms with Gasteiger partial charge in [-0.25, -0.2) is 14.2 Å². The van der Waals surface area contributed by atoms with E-state index >= 15 is 0 Å². The fourth-order valence-corrected chi connectivity index (χ4v) is 4.43. The van der Waals surface area contributed by atoms with Gasteiger partial charge in [-0.15, -0.1) is 11.3 Å². The summed E-state index contributed by atoms with van der Waals surface area (Å²) in [5.74, 6) is -0.335. The third-order valence-electron chi connectivity index (χ3n) is 5.00. The molecule has 2 amide bonds. The number of benzene rings is 2. The van der Waals surface area contributed by atoms with Crippen LogP contribution in [0.15, 0.2) is 58.9 Å². The van der Waals surface area contributed by atoms with Crippen molar-refractivity contribution in [3.05, 3.63) is 64.5 Å². The largest absolute Gasteiger partial charge is 0.378 e. The quantitative estimate of drug-likeness (QED) is 0.617. The highest BCUT2D eigenvalue weighted by molar-refractivity contribution is 7.07. The molecule has 1 aliphatic rings. The van der Waals surface area contributed by atoms with Gasteiger partial charge in [0.05, 0.1) is 24.6 Å². The van der Waals surface area contributed by atoms with Crippen LogP contribution in [-0.4, -0.2) is 43.4 Å². The molecule has 2 aromatic carbocycles. The van der Waals surface area contributed by atoms with Crippen molar-refractivity contribution in [3.8, 4) is 11.3 Å². The Morgan fingerprint density at radius 3 is 2.68 bits per heavy atom. The molecule has 31 heavy (non-hydrogen) atoms. The van der Waals surface area contributed by atoms with Gasteiger partial charge >= 0.3 is 6.03 Å². The van der Waals surface area contributed by atoms with E-state index in [2.05, 4.69) is 39.5 Å². The minimum absolute atomic E-state index is 0.335. The predicted molar refractivity (Wildman–Crippen MR) is 120 cm³/mol. The molecule has 3 N–H and O–H groups in total. The Labute approximate surface area is 183 Å². The van der Waals surface area contributed by atoms with Crippen molar-refractivity contribution in [2.24, 2.45) is 10.7 Å². The van der Waals surface area contributed by atoms with Gasteiger partial charge in [-0.3, -0.25) is 0 Å². The molecule has 0 aliphatic carbocycles. The van der Waals surface area contributed by atoms with Gasteiger partial charge in [0.1, 0.15) is 5.82 Å². The molecule has 1 fully saturated rings. The molecule has 0 atom stereocenters. The number of primary amides is 1. The fraction of sp³-hybridized carbons (Fsp3) is 0.273. The monoisotopic (exact) mass is 441 g/mol. The first-order valence-electron chi connectivity index (χ1n) is 10.1. The van der Waals surface area contributed by atoms with Crippen molar-refractivity contribution in [2.45, 2.75) is 6.54 Å². The normalized spacial score (nSPS) is 14.6. The molecule has 0 radical (unpaired) electrons. The summed E-state index contributed by atoms with van der Waals surface area (Å²) in [5.41, 5.74) is 8.91. The molecule has 0 saturated carbocycles. The Bertz CT molecular complexity index is 1100. The average molecular weight is 442 g/mol. The van der Waals surface area contributed by atoms with Gasteiger partial charge in [-0.1, -0.05) is 18.2 Å². The first-order valence-corrected chi connectivity index (χ1v) is 10.9. The van der Waals surface area contributed by atoms with Gasteiger partial charge in [-0.2, -0.15) is 0 Å². The third kappa shape index (κ3) is 5.31. The molecule has 162 valence electrons. The third-order valence-corrected chi connectivity index (χ3v) is 5.87. The number of carbonyl (C=O) groups is 1. The number of rotatable bonds is 6. The van der Waals surface area contributed by atoms with Gasteiger partial charge in [0, 0.05) is 37.2 Å². The minimum Gasteiger partial charge on any atom is -0.378 e. The van der Waals surface area contributed by atoms with Crippen LogP contribution >= 0.6 is 11.3 Å². The molecular formula is C22H24FN5O2S. The summed E-state index contributed by atoms with van der Waals surface area (Å²) in [6.07, 6.45) is 0. The lowest BCUT2D eigenvalue weighted by molar-refractivity contribution is 0.122. The average Bonchev–Trinajstić information content (AvgIpc) is 3.16. The van der Waals surface area contributed by atoms with Crippen LogP contribution in [0, 0.1) is 5.82 Å². The van der Waals surface area contributed by atoms with E-state index in [1.165, 1.54) is 23.5 Å². The lowest BCUT2D eigenvalue weighted by Crippen LogP contribution is -2.36. The summed E-state index contributed by atoms with van der Waals surface area (Å²) >= 11 is 1.47. The Hall–Kier alpha value is -3.17. The lowest BCUT2D eigenvalue weighted by atomic mass is 10.1. The van der Waals surface area contributed by atoms with Gasteiger partial charge in [0.15, 0.2) is 4.80 Å². The molecule has 1 aromatic heterocycles. The number of hydrogen-bond donors (Lipinski definition) is 2. The van der Waals surface area contributed by atoms with Crippen molar-refractivity contribution in [2.75, 3.05) is 37.7 Å². The second kappa shape index (κ2) is 9.76. The van der Waals surface area contributed by atoms with Crippen LogP contribution in [0.25, 0.3) is 11.3 Å². The van der Waals surface area contributed by atoms with Crippen LogP contribution in [-0.2, 0) is 11.3 Å². The van der Waals surface area contributed by atoms with Crippen molar-refractivity contribution in [1.29, 1.82) is 0 Å². The number of anilines is 1. The molecule has 0 spiro atoms. The van der Waals surface area contributed by atoms with Gasteiger partial charge in [0.25, 0.3) is 0 Å². The van der Waals surface area contributed by atoms with E-state index in [9.17, 15) is 9.18 Å². The highest BCUT2D eigenvalue weighted by atomic mass is 32.1. The number of morpholine rings is 1. The van der Waals surface area contributed by atoms with E-state index < -0.39 is 6.03 Å². The first-order chi connectivity index (χ1) is 15.1. The Kier molecular flexibility index (Phi) is 6.63. The molecule has 3 aromatic rings. The fourth-order valence-electron chi connectivity index (χ4n) is 3.48. The molecule has 0 unspecified atom stereocenters. The van der Waals surface area contributed by atoms with Crippen LogP contribution in [0.5, 0.6) is 0 Å². The number of carbonyl (C=O) groups excluding carboxylic acids is 1. The van der Waals surface area contributed by atoms with E-state index in [4.69, 9.17) is 10.5 Å². The van der Waals surface area contributed by atoms with E-state index in [1.807, 2.05) is 9.95 Å². The zero-order chi connectivity index (χ0) is 21.6. The summed E-state index contributed by atoms with van der Waals surface area (Å²) in [5, 5.41) is 4.64. The number of ether oxygens (including phenoxy) is 1. The Morgan fingerprint density at radius 2 is 1.97 bits per heavy atom. The molecule has 1 aliphatic heterocycles. The van der Waals surface area contributed by atoms with Crippen LogP contribution in [0.3, 0.4) is 0 Å². The van der Waals surface area contributed by atoms with Crippen LogP contribution < -0.4 is 20.8 Å². The predicted octanol–water partition coefficient (Wildman–Crippen LogP) is 3.09.